The number of nitrogens with one attached hydrogen (secondary N) is 2. The second kappa shape index (κ2) is 9.93. The van der Waals surface area contributed by atoms with Gasteiger partial charge < -0.3 is 10.1 Å². The number of ether oxygens (including phenoxy) is 1. The van der Waals surface area contributed by atoms with Crippen molar-refractivity contribution in [3.63, 3.8) is 0 Å². The molecule has 0 aliphatic carbocycles. The van der Waals surface area contributed by atoms with Gasteiger partial charge in [-0.05, 0) is 53.2 Å². The number of amides is 3. The Labute approximate surface area is 192 Å². The van der Waals surface area contributed by atoms with Gasteiger partial charge in [-0.2, -0.15) is 0 Å². The van der Waals surface area contributed by atoms with Crippen molar-refractivity contribution in [1.29, 1.82) is 0 Å². The summed E-state index contributed by atoms with van der Waals surface area (Å²) < 4.78 is 5.71. The molecule has 2 N–H and O–H groups in total. The zero-order valence-corrected chi connectivity index (χ0v) is 18.8. The molecule has 0 aromatic heterocycles. The molecule has 1 atom stereocenters. The van der Waals surface area contributed by atoms with Crippen molar-refractivity contribution in [2.45, 2.75) is 13.3 Å². The van der Waals surface area contributed by atoms with Crippen LogP contribution in [0.4, 0.5) is 5.69 Å². The molecule has 2 aromatic carbocycles. The van der Waals surface area contributed by atoms with Crippen LogP contribution in [-0.2, 0) is 19.1 Å². The summed E-state index contributed by atoms with van der Waals surface area (Å²) in [6, 6.07) is 11.7. The molecule has 31 heavy (non-hydrogen) atoms. The molecule has 2 aromatic rings. The van der Waals surface area contributed by atoms with Gasteiger partial charge in [0.2, 0.25) is 5.91 Å². The number of aryl methyl sites for hydroxylation is 1. The van der Waals surface area contributed by atoms with Gasteiger partial charge in [0.05, 0.1) is 17.5 Å². The first-order valence-corrected chi connectivity index (χ1v) is 10.5. The average molecular weight is 509 g/mol. The number of esters is 1. The van der Waals surface area contributed by atoms with Gasteiger partial charge in [-0.1, -0.05) is 29.3 Å². The lowest BCUT2D eigenvalue weighted by Crippen LogP contribution is -2.43. The lowest BCUT2D eigenvalue weighted by molar-refractivity contribution is -0.151. The highest BCUT2D eigenvalue weighted by molar-refractivity contribution is 9.10. The number of hydrazine groups is 1. The van der Waals surface area contributed by atoms with Gasteiger partial charge in [0.15, 0.2) is 6.61 Å². The van der Waals surface area contributed by atoms with Crippen LogP contribution in [-0.4, -0.2) is 41.9 Å². The smallest absolute Gasteiger partial charge is 0.311 e. The van der Waals surface area contributed by atoms with Crippen molar-refractivity contribution >= 4 is 56.9 Å². The minimum atomic E-state index is -0.777. The van der Waals surface area contributed by atoms with Crippen molar-refractivity contribution in [3.8, 4) is 0 Å². The largest absolute Gasteiger partial charge is 0.455 e. The van der Waals surface area contributed by atoms with Gasteiger partial charge >= 0.3 is 5.97 Å². The van der Waals surface area contributed by atoms with Gasteiger partial charge in [0, 0.05) is 22.1 Å². The highest BCUT2D eigenvalue weighted by Gasteiger charge is 2.36. The molecule has 1 aliphatic rings. The SMILES string of the molecule is Cc1ccc(C(=O)NN2C[C@@H](C(=O)OCC(=O)Nc3ccc(Br)c(Cl)c3)CC2=O)cc1. The quantitative estimate of drug-likeness (QED) is 0.584. The third kappa shape index (κ3) is 6.05. The van der Waals surface area contributed by atoms with Crippen LogP contribution in [0.1, 0.15) is 22.3 Å². The highest BCUT2D eigenvalue weighted by atomic mass is 79.9. The normalized spacial score (nSPS) is 15.5. The Morgan fingerprint density at radius 3 is 2.58 bits per heavy atom. The van der Waals surface area contributed by atoms with E-state index in [0.717, 1.165) is 10.6 Å². The molecule has 0 radical (unpaired) electrons. The van der Waals surface area contributed by atoms with E-state index in [9.17, 15) is 19.2 Å². The number of halogens is 2. The van der Waals surface area contributed by atoms with Crippen molar-refractivity contribution in [3.05, 3.63) is 63.1 Å². The van der Waals surface area contributed by atoms with Crippen LogP contribution in [0.25, 0.3) is 0 Å². The maximum atomic E-state index is 12.3. The maximum Gasteiger partial charge on any atom is 0.311 e. The van der Waals surface area contributed by atoms with E-state index < -0.39 is 36.2 Å². The second-order valence-electron chi connectivity index (χ2n) is 7.00. The third-order valence-corrected chi connectivity index (χ3v) is 5.79. The number of nitrogens with zero attached hydrogens (tertiary/aromatic N) is 1. The fourth-order valence-corrected chi connectivity index (χ4v) is 3.32. The van der Waals surface area contributed by atoms with Crippen LogP contribution in [0.5, 0.6) is 0 Å². The van der Waals surface area contributed by atoms with Crippen molar-refractivity contribution in [2.75, 3.05) is 18.5 Å². The molecule has 0 saturated carbocycles. The Hall–Kier alpha value is -2.91. The zero-order valence-electron chi connectivity index (χ0n) is 16.5. The summed E-state index contributed by atoms with van der Waals surface area (Å²) in [7, 11) is 0. The summed E-state index contributed by atoms with van der Waals surface area (Å²) in [6.45, 7) is 1.36. The third-order valence-electron chi connectivity index (χ3n) is 4.56. The van der Waals surface area contributed by atoms with Crippen LogP contribution in [0, 0.1) is 12.8 Å². The van der Waals surface area contributed by atoms with Crippen LogP contribution < -0.4 is 10.7 Å². The lowest BCUT2D eigenvalue weighted by atomic mass is 10.1. The van der Waals surface area contributed by atoms with E-state index in [1.54, 1.807) is 42.5 Å². The first-order chi connectivity index (χ1) is 14.7. The summed E-state index contributed by atoms with van der Waals surface area (Å²) in [5, 5.41) is 4.08. The number of benzene rings is 2. The lowest BCUT2D eigenvalue weighted by Gasteiger charge is -2.17. The Morgan fingerprint density at radius 2 is 1.90 bits per heavy atom. The number of hydrogen-bond acceptors (Lipinski definition) is 5. The molecular formula is C21H19BrClN3O5. The molecule has 10 heteroatoms. The Kier molecular flexibility index (Phi) is 7.29. The maximum absolute atomic E-state index is 12.3. The fourth-order valence-electron chi connectivity index (χ4n) is 2.89. The van der Waals surface area contributed by atoms with E-state index in [1.807, 2.05) is 6.92 Å². The number of hydrogen-bond donors (Lipinski definition) is 2. The molecular weight excluding hydrogens is 490 g/mol. The van der Waals surface area contributed by atoms with Crippen molar-refractivity contribution < 1.29 is 23.9 Å². The number of rotatable bonds is 6. The standard InChI is InChI=1S/C21H19BrClN3O5/c1-12-2-4-13(5-3-12)20(29)25-26-10-14(8-19(26)28)21(30)31-11-18(27)24-15-6-7-16(22)17(23)9-15/h2-7,9,14H,8,10-11H2,1H3,(H,24,27)(H,25,29)/t14-/m0/s1. The Balaban J connectivity index is 1.48. The minimum Gasteiger partial charge on any atom is -0.455 e. The first-order valence-electron chi connectivity index (χ1n) is 9.32. The predicted molar refractivity (Wildman–Crippen MR) is 117 cm³/mol. The summed E-state index contributed by atoms with van der Waals surface area (Å²) in [5.41, 5.74) is 4.35. The van der Waals surface area contributed by atoms with Gasteiger partial charge in [-0.15, -0.1) is 0 Å². The molecule has 3 rings (SSSR count). The molecule has 162 valence electrons. The van der Waals surface area contributed by atoms with Crippen LogP contribution in [0.15, 0.2) is 46.9 Å². The van der Waals surface area contributed by atoms with E-state index in [1.165, 1.54) is 0 Å². The predicted octanol–water partition coefficient (Wildman–Crippen LogP) is 3.09. The Morgan fingerprint density at radius 1 is 1.19 bits per heavy atom. The van der Waals surface area contributed by atoms with Gasteiger partial charge in [0.1, 0.15) is 0 Å². The van der Waals surface area contributed by atoms with E-state index in [0.29, 0.717) is 20.7 Å². The summed E-state index contributed by atoms with van der Waals surface area (Å²) in [4.78, 5) is 48.7. The van der Waals surface area contributed by atoms with Crippen molar-refractivity contribution in [1.82, 2.24) is 10.4 Å². The van der Waals surface area contributed by atoms with E-state index >= 15 is 0 Å². The highest BCUT2D eigenvalue weighted by Crippen LogP contribution is 2.25. The summed E-state index contributed by atoms with van der Waals surface area (Å²) >= 11 is 9.22. The monoisotopic (exact) mass is 507 g/mol. The van der Waals surface area contributed by atoms with Gasteiger partial charge in [-0.3, -0.25) is 29.6 Å². The van der Waals surface area contributed by atoms with Crippen LogP contribution in [0.2, 0.25) is 5.02 Å². The molecule has 0 unspecified atom stereocenters. The Bertz CT molecular complexity index is 1030. The average Bonchev–Trinajstić information content (AvgIpc) is 3.10. The molecule has 8 nitrogen and oxygen atoms in total. The summed E-state index contributed by atoms with van der Waals surface area (Å²) in [5.74, 6) is -2.86. The fraction of sp³-hybridized carbons (Fsp3) is 0.238. The van der Waals surface area contributed by atoms with Gasteiger partial charge in [0.25, 0.3) is 11.8 Å². The first kappa shape index (κ1) is 22.8. The molecule has 3 amide bonds. The molecule has 1 fully saturated rings. The zero-order chi connectivity index (χ0) is 22.5. The topological polar surface area (TPSA) is 105 Å². The van der Waals surface area contributed by atoms with Crippen LogP contribution >= 0.6 is 27.5 Å². The minimum absolute atomic E-state index is 0.0286. The second-order valence-corrected chi connectivity index (χ2v) is 8.26. The van der Waals surface area contributed by atoms with E-state index in [2.05, 4.69) is 26.7 Å². The molecule has 1 saturated heterocycles. The number of anilines is 1. The van der Waals surface area contributed by atoms with Gasteiger partial charge in [-0.25, -0.2) is 0 Å². The van der Waals surface area contributed by atoms with E-state index in [-0.39, 0.29) is 13.0 Å². The molecule has 0 bridgehead atoms. The molecule has 0 spiro atoms. The molecule has 1 aliphatic heterocycles. The van der Waals surface area contributed by atoms with Crippen LogP contribution in [0.3, 0.4) is 0 Å². The van der Waals surface area contributed by atoms with E-state index in [4.69, 9.17) is 16.3 Å². The molecule has 1 heterocycles. The number of carbonyl (C=O) groups excluding carboxylic acids is 4. The number of carbonyl (C=O) groups is 4. The van der Waals surface area contributed by atoms with Crippen molar-refractivity contribution in [2.24, 2.45) is 5.92 Å². The summed E-state index contributed by atoms with van der Waals surface area (Å²) in [6.07, 6.45) is -0.114.